The third-order valence-electron chi connectivity index (χ3n) is 7.72. The Balaban J connectivity index is 1.25. The second-order valence-corrected chi connectivity index (χ2v) is 12.0. The number of halogens is 1. The van der Waals surface area contributed by atoms with Crippen molar-refractivity contribution in [2.45, 2.75) is 45.0 Å². The van der Waals surface area contributed by atoms with Gasteiger partial charge in [0.1, 0.15) is 30.1 Å². The van der Waals surface area contributed by atoms with Gasteiger partial charge in [0.2, 0.25) is 0 Å². The molecule has 1 aliphatic rings. The van der Waals surface area contributed by atoms with Crippen molar-refractivity contribution in [3.63, 3.8) is 0 Å². The van der Waals surface area contributed by atoms with Crippen LogP contribution in [0.15, 0.2) is 66.4 Å². The van der Waals surface area contributed by atoms with Crippen LogP contribution in [0, 0.1) is 12.7 Å². The van der Waals surface area contributed by atoms with Crippen molar-refractivity contribution < 1.29 is 28.9 Å². The van der Waals surface area contributed by atoms with Gasteiger partial charge in [0.05, 0.1) is 18.3 Å². The van der Waals surface area contributed by atoms with Crippen LogP contribution in [0.4, 0.5) is 9.52 Å². The average Bonchev–Trinajstić information content (AvgIpc) is 3.70. The Bertz CT molecular complexity index is 1830. The molecule has 0 aliphatic carbocycles. The van der Waals surface area contributed by atoms with Crippen molar-refractivity contribution >= 4 is 22.4 Å². The van der Waals surface area contributed by atoms with E-state index >= 15 is 0 Å². The van der Waals surface area contributed by atoms with Gasteiger partial charge in [0.25, 0.3) is 0 Å². The van der Waals surface area contributed by atoms with Crippen molar-refractivity contribution in [1.29, 1.82) is 0 Å². The van der Waals surface area contributed by atoms with Crippen LogP contribution in [0.5, 0.6) is 17.2 Å². The number of carboxylic acid groups (broad SMARTS) is 1. The van der Waals surface area contributed by atoms with Crippen molar-refractivity contribution in [2.24, 2.45) is 0 Å². The smallest absolute Gasteiger partial charge is 0.338 e. The first kappa shape index (κ1) is 31.1. The molecule has 0 fully saturated rings. The Labute approximate surface area is 267 Å². The van der Waals surface area contributed by atoms with Crippen LogP contribution in [0.3, 0.4) is 0 Å². The number of benzene rings is 2. The normalized spacial score (nSPS) is 16.4. The maximum absolute atomic E-state index is 14.6. The SMILES string of the molecule is Cc1ccc(-c2cn(CCOc3cc4c(cc3Oc3ccc(C(=O)O)c(F)c3)[C@@](C)(CC(O)Nc3nccs3)NCC4)nn2)cn1. The minimum atomic E-state index is -1.37. The zero-order chi connectivity index (χ0) is 32.3. The molecule has 0 amide bonds. The van der Waals surface area contributed by atoms with Gasteiger partial charge in [-0.25, -0.2) is 18.9 Å². The monoisotopic (exact) mass is 645 g/mol. The van der Waals surface area contributed by atoms with Crippen LogP contribution in [0.1, 0.15) is 40.5 Å². The fourth-order valence-electron chi connectivity index (χ4n) is 5.41. The fourth-order valence-corrected chi connectivity index (χ4v) is 5.99. The molecule has 4 heterocycles. The van der Waals surface area contributed by atoms with Crippen LogP contribution < -0.4 is 20.1 Å². The highest BCUT2D eigenvalue weighted by Gasteiger charge is 2.35. The van der Waals surface area contributed by atoms with Crippen molar-refractivity contribution in [3.05, 3.63) is 94.6 Å². The summed E-state index contributed by atoms with van der Waals surface area (Å²) in [6, 6.07) is 11.2. The molecule has 2 aromatic carbocycles. The first-order chi connectivity index (χ1) is 22.2. The molecule has 1 aliphatic heterocycles. The van der Waals surface area contributed by atoms with Crippen LogP contribution in [-0.2, 0) is 18.5 Å². The lowest BCUT2D eigenvalue weighted by molar-refractivity contribution is 0.0691. The Morgan fingerprint density at radius 3 is 2.83 bits per heavy atom. The van der Waals surface area contributed by atoms with E-state index in [1.54, 1.807) is 17.1 Å². The molecular formula is C32H32FN7O5S. The molecule has 5 aromatic rings. The van der Waals surface area contributed by atoms with E-state index in [4.69, 9.17) is 9.47 Å². The topological polar surface area (TPSA) is 157 Å². The zero-order valence-electron chi connectivity index (χ0n) is 25.1. The highest BCUT2D eigenvalue weighted by molar-refractivity contribution is 7.13. The van der Waals surface area contributed by atoms with Gasteiger partial charge in [-0.15, -0.1) is 16.4 Å². The average molecular weight is 646 g/mol. The minimum absolute atomic E-state index is 0.107. The first-order valence-electron chi connectivity index (χ1n) is 14.6. The largest absolute Gasteiger partial charge is 0.488 e. The summed E-state index contributed by atoms with van der Waals surface area (Å²) >= 11 is 1.39. The second kappa shape index (κ2) is 13.2. The summed E-state index contributed by atoms with van der Waals surface area (Å²) in [5.41, 5.74) is 3.23. The molecule has 6 rings (SSSR count). The molecule has 238 valence electrons. The number of hydrogen-bond acceptors (Lipinski definition) is 11. The van der Waals surface area contributed by atoms with Gasteiger partial charge in [-0.2, -0.15) is 0 Å². The minimum Gasteiger partial charge on any atom is -0.488 e. The number of aryl methyl sites for hydroxylation is 1. The Morgan fingerprint density at radius 1 is 1.22 bits per heavy atom. The van der Waals surface area contributed by atoms with Crippen LogP contribution in [0.2, 0.25) is 0 Å². The molecule has 0 saturated carbocycles. The third kappa shape index (κ3) is 6.98. The summed E-state index contributed by atoms with van der Waals surface area (Å²) in [4.78, 5) is 19.9. The Kier molecular flexibility index (Phi) is 8.92. The van der Waals surface area contributed by atoms with E-state index in [0.717, 1.165) is 34.5 Å². The number of anilines is 1. The maximum Gasteiger partial charge on any atom is 0.338 e. The van der Waals surface area contributed by atoms with Gasteiger partial charge < -0.3 is 30.3 Å². The number of aromatic nitrogens is 5. The molecule has 1 unspecified atom stereocenters. The second-order valence-electron chi connectivity index (χ2n) is 11.1. The summed E-state index contributed by atoms with van der Waals surface area (Å²) in [6.45, 7) is 5.20. The summed E-state index contributed by atoms with van der Waals surface area (Å²) in [7, 11) is 0. The van der Waals surface area contributed by atoms with E-state index in [9.17, 15) is 19.4 Å². The van der Waals surface area contributed by atoms with Gasteiger partial charge in [-0.1, -0.05) is 5.21 Å². The van der Waals surface area contributed by atoms with Crippen LogP contribution in [0.25, 0.3) is 11.3 Å². The van der Waals surface area contributed by atoms with Crippen molar-refractivity contribution in [2.75, 3.05) is 18.5 Å². The number of rotatable bonds is 12. The van der Waals surface area contributed by atoms with Crippen LogP contribution >= 0.6 is 11.3 Å². The van der Waals surface area contributed by atoms with Gasteiger partial charge in [-0.05, 0) is 67.8 Å². The standard InChI is InChI=1S/C32H32FN7O5S/c1-19-3-4-21(17-35-19)26-18-40(39-38-26)10-11-44-27-13-20-7-8-36-32(2,16-29(41)37-31-34-9-12-46-31)24(20)15-28(27)45-22-5-6-23(30(42)43)25(33)14-22/h3-6,9,12-15,17-18,29,36,41H,7-8,10-11,16H2,1-2H3,(H,34,37)(H,42,43)/t29?,32-/m1/s1. The fraction of sp³-hybridized carbons (Fsp3) is 0.281. The lowest BCUT2D eigenvalue weighted by Crippen LogP contribution is -2.48. The molecule has 0 spiro atoms. The first-order valence-corrected chi connectivity index (χ1v) is 15.5. The van der Waals surface area contributed by atoms with Gasteiger partial charge >= 0.3 is 5.97 Å². The van der Waals surface area contributed by atoms with E-state index in [0.29, 0.717) is 48.3 Å². The number of ether oxygens (including phenoxy) is 2. The number of hydrogen-bond donors (Lipinski definition) is 4. The third-order valence-corrected chi connectivity index (χ3v) is 8.42. The summed E-state index contributed by atoms with van der Waals surface area (Å²) in [5.74, 6) is -1.45. The van der Waals surface area contributed by atoms with Crippen molar-refractivity contribution in [1.82, 2.24) is 30.3 Å². The molecule has 4 N–H and O–H groups in total. The van der Waals surface area contributed by atoms with Gasteiger partial charge in [0.15, 0.2) is 16.6 Å². The zero-order valence-corrected chi connectivity index (χ0v) is 25.9. The number of aliphatic hydroxyl groups is 1. The van der Waals surface area contributed by atoms with Gasteiger partial charge in [-0.3, -0.25) is 4.98 Å². The van der Waals surface area contributed by atoms with E-state index in [2.05, 4.69) is 30.9 Å². The molecule has 2 atom stereocenters. The molecule has 0 bridgehead atoms. The summed E-state index contributed by atoms with van der Waals surface area (Å²) in [5, 5.41) is 37.6. The van der Waals surface area contributed by atoms with E-state index in [1.165, 1.54) is 17.4 Å². The molecular weight excluding hydrogens is 613 g/mol. The Hall–Kier alpha value is -4.92. The quantitative estimate of drug-likeness (QED) is 0.136. The Morgan fingerprint density at radius 2 is 2.09 bits per heavy atom. The molecule has 14 heteroatoms. The summed E-state index contributed by atoms with van der Waals surface area (Å²) < 4.78 is 28.6. The number of aliphatic hydroxyl groups excluding tert-OH is 1. The number of fused-ring (bicyclic) bond motifs is 1. The van der Waals surface area contributed by atoms with Gasteiger partial charge in [0, 0.05) is 53.6 Å². The van der Waals surface area contributed by atoms with Crippen molar-refractivity contribution in [3.8, 4) is 28.5 Å². The van der Waals surface area contributed by atoms with E-state index < -0.39 is 29.1 Å². The highest BCUT2D eigenvalue weighted by Crippen LogP contribution is 2.41. The molecule has 0 radical (unpaired) electrons. The number of carbonyl (C=O) groups is 1. The number of nitrogens with zero attached hydrogens (tertiary/aromatic N) is 5. The molecule has 12 nitrogen and oxygen atoms in total. The lowest BCUT2D eigenvalue weighted by atomic mass is 9.80. The number of nitrogens with one attached hydrogen (secondary N) is 2. The predicted octanol–water partition coefficient (Wildman–Crippen LogP) is 5.00. The number of aromatic carboxylic acids is 1. The number of thiazole rings is 1. The van der Waals surface area contributed by atoms with E-state index in [1.807, 2.05) is 49.7 Å². The molecule has 0 saturated heterocycles. The maximum atomic E-state index is 14.6. The summed E-state index contributed by atoms with van der Waals surface area (Å²) in [6.07, 6.45) is 5.35. The van der Waals surface area contributed by atoms with E-state index in [-0.39, 0.29) is 12.4 Å². The number of carboxylic acids is 1. The highest BCUT2D eigenvalue weighted by atomic mass is 32.1. The number of pyridine rings is 1. The predicted molar refractivity (Wildman–Crippen MR) is 169 cm³/mol. The molecule has 3 aromatic heterocycles. The van der Waals surface area contributed by atoms with Crippen LogP contribution in [-0.4, -0.2) is 60.5 Å². The lowest BCUT2D eigenvalue weighted by Gasteiger charge is -2.39. The molecule has 46 heavy (non-hydrogen) atoms.